The van der Waals surface area contributed by atoms with Crippen LogP contribution in [0.4, 0.5) is 0 Å². The fraction of sp³-hybridized carbons (Fsp3) is 1.00. The summed E-state index contributed by atoms with van der Waals surface area (Å²) in [5.41, 5.74) is -1.71. The van der Waals surface area contributed by atoms with Crippen molar-refractivity contribution in [1.82, 2.24) is 4.72 Å². The number of ether oxygens (including phenoxy) is 1. The van der Waals surface area contributed by atoms with Gasteiger partial charge in [-0.05, 0) is 78.4 Å². The molecule has 0 spiro atoms. The molecule has 0 aromatic heterocycles. The number of fused-ring (bicyclic) bond motifs is 7. The third kappa shape index (κ3) is 6.68. The Morgan fingerprint density at radius 3 is 1.98 bits per heavy atom. The zero-order valence-electron chi connectivity index (χ0n) is 27.7. The Morgan fingerprint density at radius 1 is 0.830 bits per heavy atom. The Labute approximate surface area is 278 Å². The Bertz CT molecular complexity index is 1510. The van der Waals surface area contributed by atoms with E-state index in [9.17, 15) is 44.6 Å². The zero-order chi connectivity index (χ0) is 35.2. The van der Waals surface area contributed by atoms with Gasteiger partial charge >= 0.3 is 10.3 Å². The first-order valence-corrected chi connectivity index (χ1v) is 20.4. The van der Waals surface area contributed by atoms with Gasteiger partial charge in [-0.3, -0.25) is 12.5 Å². The van der Waals surface area contributed by atoms with Crippen LogP contribution in [0, 0.1) is 58.2 Å². The molecule has 0 aromatic carbocycles. The van der Waals surface area contributed by atoms with Crippen LogP contribution in [0.2, 0.25) is 0 Å². The minimum atomic E-state index is -5.47. The first kappa shape index (κ1) is 37.7. The molecule has 0 radical (unpaired) electrons. The van der Waals surface area contributed by atoms with Crippen LogP contribution < -0.4 is 4.72 Å². The monoisotopic (exact) mass is 731 g/mol. The largest absolute Gasteiger partial charge is 0.726 e. The molecule has 0 unspecified atom stereocenters. The van der Waals surface area contributed by atoms with Gasteiger partial charge in [0.25, 0.3) is 0 Å². The highest BCUT2D eigenvalue weighted by atomic mass is 32.3. The van der Waals surface area contributed by atoms with Crippen LogP contribution in [-0.2, 0) is 48.4 Å². The van der Waals surface area contributed by atoms with Crippen LogP contribution >= 0.6 is 0 Å². The van der Waals surface area contributed by atoms with E-state index in [2.05, 4.69) is 36.6 Å². The number of aliphatic hydroxyl groups is 2. The number of rotatable bonds is 9. The molecule has 4 saturated carbocycles. The molecule has 16 atom stereocenters. The Hall–Kier alpha value is -0.510. The van der Waals surface area contributed by atoms with E-state index < -0.39 is 102 Å². The van der Waals surface area contributed by atoms with Crippen LogP contribution in [0.1, 0.15) is 73.6 Å². The SMILES string of the molecule is CNS(=O)(=O)O[C@@H]1[C@H]2O[C@@H]([C@@H](C)C(C)C)C[C@@H](C)[C@@H]2[C@@]2(C)CC[C@H]3[C@@H]([C@@H](OS(=O)(=O)[O-])[C@@H](O)[C@H]4[C@@H](O)[C@H](OS(=O)(=O)[O-])CC[C@@]43C)[C@H]12. The summed E-state index contributed by atoms with van der Waals surface area (Å²) in [6.45, 7) is 12.1. The van der Waals surface area contributed by atoms with E-state index in [1.165, 1.54) is 7.05 Å². The lowest BCUT2D eigenvalue weighted by Crippen LogP contribution is -2.69. The molecular weight excluding hydrogens is 683 g/mol. The van der Waals surface area contributed by atoms with E-state index in [0.717, 1.165) is 0 Å². The first-order chi connectivity index (χ1) is 21.5. The van der Waals surface area contributed by atoms with Crippen molar-refractivity contribution in [2.24, 2.45) is 58.2 Å². The van der Waals surface area contributed by atoms with Gasteiger partial charge in [-0.1, -0.05) is 41.5 Å². The summed E-state index contributed by atoms with van der Waals surface area (Å²) < 4.78 is 122. The van der Waals surface area contributed by atoms with Gasteiger partial charge in [0.2, 0.25) is 20.8 Å². The Kier molecular flexibility index (Phi) is 10.1. The average molecular weight is 732 g/mol. The van der Waals surface area contributed by atoms with Crippen molar-refractivity contribution in [3.8, 4) is 0 Å². The fourth-order valence-corrected chi connectivity index (χ4v) is 12.5. The first-order valence-electron chi connectivity index (χ1n) is 16.4. The van der Waals surface area contributed by atoms with E-state index in [4.69, 9.17) is 13.1 Å². The molecule has 1 heterocycles. The molecule has 47 heavy (non-hydrogen) atoms. The molecule has 3 N–H and O–H groups in total. The topological polar surface area (TPSA) is 238 Å². The lowest BCUT2D eigenvalue weighted by molar-refractivity contribution is -0.248. The minimum absolute atomic E-state index is 0.0396. The highest BCUT2D eigenvalue weighted by Gasteiger charge is 2.73. The smallest absolute Gasteiger partial charge is 0.335 e. The second-order valence-electron chi connectivity index (χ2n) is 15.5. The van der Waals surface area contributed by atoms with Crippen molar-refractivity contribution in [2.45, 2.75) is 116 Å². The molecule has 5 aliphatic rings. The predicted molar refractivity (Wildman–Crippen MR) is 163 cm³/mol. The van der Waals surface area contributed by atoms with Crippen LogP contribution in [-0.4, -0.2) is 94.3 Å². The molecular formula is C29H49NO14S3-2. The lowest BCUT2D eigenvalue weighted by atomic mass is 9.42. The molecule has 0 aromatic rings. The summed E-state index contributed by atoms with van der Waals surface area (Å²) in [6.07, 6.45) is -7.18. The van der Waals surface area contributed by atoms with Crippen LogP contribution in [0.5, 0.6) is 0 Å². The van der Waals surface area contributed by atoms with Crippen LogP contribution in [0.15, 0.2) is 0 Å². The third-order valence-corrected chi connectivity index (χ3v) is 14.9. The molecule has 15 nitrogen and oxygen atoms in total. The van der Waals surface area contributed by atoms with Crippen molar-refractivity contribution in [3.63, 3.8) is 0 Å². The molecule has 18 heteroatoms. The normalized spacial score (nSPS) is 47.9. The predicted octanol–water partition coefficient (Wildman–Crippen LogP) is 1.04. The van der Waals surface area contributed by atoms with Gasteiger partial charge in [0.05, 0.1) is 24.4 Å². The zero-order valence-corrected chi connectivity index (χ0v) is 30.2. The number of nitrogens with one attached hydrogen (secondary N) is 1. The second kappa shape index (κ2) is 12.6. The third-order valence-electron chi connectivity index (χ3n) is 13.0. The quantitative estimate of drug-likeness (QED) is 0.222. The molecule has 5 rings (SSSR count). The summed E-state index contributed by atoms with van der Waals surface area (Å²) in [5, 5.41) is 23.3. The lowest BCUT2D eigenvalue weighted by Gasteiger charge is -2.65. The van der Waals surface area contributed by atoms with Crippen molar-refractivity contribution < 1.29 is 61.9 Å². The minimum Gasteiger partial charge on any atom is -0.726 e. The fourth-order valence-electron chi connectivity index (χ4n) is 10.9. The summed E-state index contributed by atoms with van der Waals surface area (Å²) in [4.78, 5) is 0. The molecule has 0 bridgehead atoms. The number of hydrogen-bond donors (Lipinski definition) is 3. The highest BCUT2D eigenvalue weighted by Crippen LogP contribution is 2.70. The summed E-state index contributed by atoms with van der Waals surface area (Å²) in [6, 6.07) is 0. The number of hydrogen-bond acceptors (Lipinski definition) is 14. The van der Waals surface area contributed by atoms with E-state index in [1.807, 2.05) is 6.92 Å². The van der Waals surface area contributed by atoms with Crippen LogP contribution in [0.25, 0.3) is 0 Å². The molecule has 274 valence electrons. The summed E-state index contributed by atoms with van der Waals surface area (Å²) >= 11 is 0. The van der Waals surface area contributed by atoms with Crippen molar-refractivity contribution >= 4 is 31.1 Å². The molecule has 0 amide bonds. The van der Waals surface area contributed by atoms with Gasteiger partial charge in [0, 0.05) is 18.9 Å². The van der Waals surface area contributed by atoms with Gasteiger partial charge in [0.15, 0.2) is 0 Å². The summed E-state index contributed by atoms with van der Waals surface area (Å²) in [5.74, 6) is -3.36. The maximum Gasteiger partial charge on any atom is 0.335 e. The van der Waals surface area contributed by atoms with Gasteiger partial charge < -0.3 is 24.1 Å². The molecule has 4 aliphatic carbocycles. The molecule has 1 saturated heterocycles. The van der Waals surface area contributed by atoms with E-state index in [1.54, 1.807) is 6.92 Å². The molecule has 5 fully saturated rings. The van der Waals surface area contributed by atoms with E-state index >= 15 is 0 Å². The van der Waals surface area contributed by atoms with Gasteiger partial charge in [-0.25, -0.2) is 16.8 Å². The van der Waals surface area contributed by atoms with E-state index in [0.29, 0.717) is 19.3 Å². The van der Waals surface area contributed by atoms with Crippen molar-refractivity contribution in [1.29, 1.82) is 0 Å². The average Bonchev–Trinajstić information content (AvgIpc) is 3.18. The highest BCUT2D eigenvalue weighted by molar-refractivity contribution is 7.84. The van der Waals surface area contributed by atoms with E-state index in [-0.39, 0.29) is 42.6 Å². The Balaban J connectivity index is 1.66. The number of aliphatic hydroxyl groups excluding tert-OH is 2. The van der Waals surface area contributed by atoms with Crippen molar-refractivity contribution in [2.75, 3.05) is 7.05 Å². The van der Waals surface area contributed by atoms with Gasteiger partial charge in [-0.15, -0.1) is 0 Å². The van der Waals surface area contributed by atoms with Gasteiger partial charge in [0.1, 0.15) is 18.3 Å². The van der Waals surface area contributed by atoms with Crippen LogP contribution in [0.3, 0.4) is 0 Å². The molecule has 1 aliphatic heterocycles. The second-order valence-corrected chi connectivity index (χ2v) is 19.0. The standard InChI is InChI=1S/C29H51NO14S3/c1-13(2)15(4)18-12-14(3)20-26(41-18)27(43-45(33,34)30-7)21-19-16(8-10-29(20,21)6)28(5)11-9-17(42-46(35,36)37)23(31)22(28)24(32)25(19)44-47(38,39)40/h13-27,30-32H,8-12H2,1-7H3,(H,35,36,37)(H,38,39,40)/p-2/t14-,15+,16+,17-,18-,19-,20+,21-,22-,23+,24+,25-,26+,27+,28-,29-/m1/s1. The Morgan fingerprint density at radius 2 is 1.43 bits per heavy atom. The summed E-state index contributed by atoms with van der Waals surface area (Å²) in [7, 11) is -13.8. The van der Waals surface area contributed by atoms with Gasteiger partial charge in [-0.2, -0.15) is 13.1 Å². The maximum atomic E-state index is 13.1. The van der Waals surface area contributed by atoms with Crippen molar-refractivity contribution in [3.05, 3.63) is 0 Å². The maximum absolute atomic E-state index is 13.1.